The van der Waals surface area contributed by atoms with Crippen LogP contribution in [0.4, 0.5) is 0 Å². The molecule has 0 atom stereocenters. The Hall–Kier alpha value is -1.23. The molecule has 0 saturated carbocycles. The summed E-state index contributed by atoms with van der Waals surface area (Å²) in [6, 6.07) is 0. The zero-order valence-corrected chi connectivity index (χ0v) is 5.16. The minimum Gasteiger partial charge on any atom is -0.295 e. The Morgan fingerprint density at radius 1 is 1.40 bits per heavy atom. The maximum Gasteiger partial charge on any atom is 0.243 e. The van der Waals surface area contributed by atoms with E-state index >= 15 is 0 Å². The predicted octanol–water partition coefficient (Wildman–Crippen LogP) is -0.960. The number of nitrogens with one attached hydrogen (secondary N) is 1. The number of carbonyl (C=O) groups is 3. The molecule has 0 aromatic carbocycles. The van der Waals surface area contributed by atoms with Gasteiger partial charge in [-0.3, -0.25) is 19.6 Å². The van der Waals surface area contributed by atoms with Gasteiger partial charge in [-0.25, -0.2) is 5.48 Å². The Balaban J connectivity index is 3.44. The van der Waals surface area contributed by atoms with Gasteiger partial charge in [-0.2, -0.15) is 0 Å². The van der Waals surface area contributed by atoms with Gasteiger partial charge in [0.05, 0.1) is 0 Å². The predicted molar refractivity (Wildman–Crippen MR) is 30.2 cm³/mol. The maximum atomic E-state index is 10.2. The molecule has 0 spiro atoms. The third-order valence-electron chi connectivity index (χ3n) is 0.855. The zero-order valence-electron chi connectivity index (χ0n) is 5.16. The second kappa shape index (κ2) is 4.63. The van der Waals surface area contributed by atoms with Gasteiger partial charge in [0.25, 0.3) is 0 Å². The van der Waals surface area contributed by atoms with Crippen molar-refractivity contribution in [3.05, 3.63) is 0 Å². The second-order valence-electron chi connectivity index (χ2n) is 1.62. The van der Waals surface area contributed by atoms with Crippen molar-refractivity contribution in [2.45, 2.75) is 12.8 Å². The number of ketones is 1. The average Bonchev–Trinajstić information content (AvgIpc) is 1.99. The molecule has 1 amide bonds. The largest absolute Gasteiger partial charge is 0.295 e. The van der Waals surface area contributed by atoms with Gasteiger partial charge >= 0.3 is 0 Å². The molecule has 0 aromatic rings. The highest BCUT2D eigenvalue weighted by atomic mass is 16.5. The molecule has 0 rings (SSSR count). The van der Waals surface area contributed by atoms with Crippen molar-refractivity contribution in [2.75, 3.05) is 0 Å². The smallest absolute Gasteiger partial charge is 0.243 e. The molecule has 0 fully saturated rings. The molecule has 0 radical (unpaired) electrons. The zero-order chi connectivity index (χ0) is 7.98. The summed E-state index contributed by atoms with van der Waals surface area (Å²) in [5.74, 6) is -1.32. The Labute approximate surface area is 57.0 Å². The highest BCUT2D eigenvalue weighted by molar-refractivity contribution is 6.25. The van der Waals surface area contributed by atoms with Crippen molar-refractivity contribution in [3.8, 4) is 0 Å². The lowest BCUT2D eigenvalue weighted by molar-refractivity contribution is -0.133. The van der Waals surface area contributed by atoms with Crippen LogP contribution in [0, 0.1) is 0 Å². The van der Waals surface area contributed by atoms with Gasteiger partial charge in [0, 0.05) is 12.8 Å². The van der Waals surface area contributed by atoms with Crippen LogP contribution in [0.5, 0.6) is 0 Å². The fourth-order valence-electron chi connectivity index (χ4n) is 0.352. The summed E-state index contributed by atoms with van der Waals surface area (Å²) in [5, 5.41) is 7.92. The standard InChI is InChI=1S/C5H7NO4/c7-3-4(8)1-2-5(9)6-10/h3,10H,1-2H2,(H,6,9). The number of hydrogen-bond acceptors (Lipinski definition) is 4. The highest BCUT2D eigenvalue weighted by Crippen LogP contribution is 1.87. The van der Waals surface area contributed by atoms with Gasteiger partial charge in [0.2, 0.25) is 5.91 Å². The Bertz CT molecular complexity index is 154. The van der Waals surface area contributed by atoms with Crippen molar-refractivity contribution < 1.29 is 19.6 Å². The Kier molecular flexibility index (Phi) is 4.06. The summed E-state index contributed by atoms with van der Waals surface area (Å²) in [7, 11) is 0. The summed E-state index contributed by atoms with van der Waals surface area (Å²) in [6.07, 6.45) is -0.172. The Morgan fingerprint density at radius 2 is 2.00 bits per heavy atom. The van der Waals surface area contributed by atoms with Crippen molar-refractivity contribution in [1.29, 1.82) is 0 Å². The van der Waals surface area contributed by atoms with Crippen molar-refractivity contribution in [3.63, 3.8) is 0 Å². The van der Waals surface area contributed by atoms with Gasteiger partial charge in [-0.15, -0.1) is 0 Å². The molecule has 0 saturated heterocycles. The highest BCUT2D eigenvalue weighted by Gasteiger charge is 2.03. The summed E-state index contributed by atoms with van der Waals surface area (Å²) in [5.41, 5.74) is 1.34. The van der Waals surface area contributed by atoms with Crippen LogP contribution in [0.2, 0.25) is 0 Å². The first-order valence-electron chi connectivity index (χ1n) is 2.61. The van der Waals surface area contributed by atoms with Crippen LogP contribution in [-0.2, 0) is 14.4 Å². The monoisotopic (exact) mass is 145 g/mol. The summed E-state index contributed by atoms with van der Waals surface area (Å²) in [4.78, 5) is 30.1. The number of aldehydes is 1. The van der Waals surface area contributed by atoms with E-state index in [0.717, 1.165) is 0 Å². The number of carbonyl (C=O) groups excluding carboxylic acids is 3. The average molecular weight is 145 g/mol. The molecule has 5 nitrogen and oxygen atoms in total. The third-order valence-corrected chi connectivity index (χ3v) is 0.855. The van der Waals surface area contributed by atoms with Crippen LogP contribution >= 0.6 is 0 Å². The van der Waals surface area contributed by atoms with Gasteiger partial charge in [-0.05, 0) is 0 Å². The first kappa shape index (κ1) is 8.77. The Morgan fingerprint density at radius 3 is 2.40 bits per heavy atom. The molecule has 0 aliphatic rings. The lowest BCUT2D eigenvalue weighted by Gasteiger charge is -1.92. The van der Waals surface area contributed by atoms with Crippen LogP contribution in [0.3, 0.4) is 0 Å². The van der Waals surface area contributed by atoms with Crippen LogP contribution in [-0.4, -0.2) is 23.2 Å². The number of rotatable bonds is 4. The molecule has 56 valence electrons. The van der Waals surface area contributed by atoms with Gasteiger partial charge in [0.1, 0.15) is 0 Å². The van der Waals surface area contributed by atoms with Crippen LogP contribution in [0.25, 0.3) is 0 Å². The number of hydroxylamine groups is 1. The molecular formula is C5H7NO4. The van der Waals surface area contributed by atoms with E-state index in [-0.39, 0.29) is 19.1 Å². The van der Waals surface area contributed by atoms with E-state index in [4.69, 9.17) is 5.21 Å². The van der Waals surface area contributed by atoms with Crippen LogP contribution in [0.1, 0.15) is 12.8 Å². The molecule has 10 heavy (non-hydrogen) atoms. The maximum absolute atomic E-state index is 10.2. The van der Waals surface area contributed by atoms with Crippen molar-refractivity contribution in [2.24, 2.45) is 0 Å². The molecule has 0 unspecified atom stereocenters. The molecule has 5 heteroatoms. The van der Waals surface area contributed by atoms with Crippen molar-refractivity contribution >= 4 is 18.0 Å². The fraction of sp³-hybridized carbons (Fsp3) is 0.400. The summed E-state index contributed by atoms with van der Waals surface area (Å²) in [6.45, 7) is 0. The molecule has 0 aliphatic carbocycles. The number of hydrogen-bond donors (Lipinski definition) is 2. The number of Topliss-reactive ketones (excluding diaryl/α,β-unsaturated/α-hetero) is 1. The first-order valence-corrected chi connectivity index (χ1v) is 2.61. The summed E-state index contributed by atoms with van der Waals surface area (Å²) >= 11 is 0. The molecule has 0 aliphatic heterocycles. The molecular weight excluding hydrogens is 138 g/mol. The van der Waals surface area contributed by atoms with Crippen LogP contribution < -0.4 is 5.48 Å². The van der Waals surface area contributed by atoms with E-state index in [1.807, 2.05) is 0 Å². The lowest BCUT2D eigenvalue weighted by Crippen LogP contribution is -2.19. The quantitative estimate of drug-likeness (QED) is 0.231. The first-order chi connectivity index (χ1) is 4.70. The molecule has 0 aromatic heterocycles. The fourth-order valence-corrected chi connectivity index (χ4v) is 0.352. The van der Waals surface area contributed by atoms with Gasteiger partial charge in [0.15, 0.2) is 12.1 Å². The molecule has 0 bridgehead atoms. The second-order valence-corrected chi connectivity index (χ2v) is 1.62. The number of amides is 1. The van der Waals surface area contributed by atoms with E-state index < -0.39 is 11.7 Å². The van der Waals surface area contributed by atoms with E-state index in [0.29, 0.717) is 0 Å². The molecule has 0 heterocycles. The van der Waals surface area contributed by atoms with Gasteiger partial charge in [-0.1, -0.05) is 0 Å². The minimum absolute atomic E-state index is 0.144. The van der Waals surface area contributed by atoms with Gasteiger partial charge < -0.3 is 0 Å². The third kappa shape index (κ3) is 3.73. The van der Waals surface area contributed by atoms with Crippen LogP contribution in [0.15, 0.2) is 0 Å². The van der Waals surface area contributed by atoms with E-state index in [2.05, 4.69) is 0 Å². The normalized spacial score (nSPS) is 8.50. The van der Waals surface area contributed by atoms with E-state index in [1.54, 1.807) is 0 Å². The van der Waals surface area contributed by atoms with E-state index in [1.165, 1.54) is 5.48 Å². The van der Waals surface area contributed by atoms with Crippen molar-refractivity contribution in [1.82, 2.24) is 5.48 Å². The minimum atomic E-state index is -0.671. The lowest BCUT2D eigenvalue weighted by atomic mass is 10.2. The SMILES string of the molecule is O=CC(=O)CCC(=O)NO. The summed E-state index contributed by atoms with van der Waals surface area (Å²) < 4.78 is 0. The topological polar surface area (TPSA) is 83.5 Å². The van der Waals surface area contributed by atoms with E-state index in [9.17, 15) is 14.4 Å². The molecule has 2 N–H and O–H groups in total.